The Balaban J connectivity index is 1.89. The van der Waals surface area contributed by atoms with Crippen LogP contribution in [0.3, 0.4) is 0 Å². The van der Waals surface area contributed by atoms with E-state index >= 15 is 0 Å². The van der Waals surface area contributed by atoms with Gasteiger partial charge in [-0.1, -0.05) is 19.8 Å². The fraction of sp³-hybridized carbons (Fsp3) is 0.714. The molecule has 1 aromatic rings. The molecule has 0 amide bonds. The zero-order valence-corrected chi connectivity index (χ0v) is 13.4. The number of hydrogen-bond donors (Lipinski definition) is 0. The molecule has 20 heavy (non-hydrogen) atoms. The molecular formula is C14H21NO3S2. The zero-order valence-electron chi connectivity index (χ0n) is 11.7. The van der Waals surface area contributed by atoms with E-state index in [0.29, 0.717) is 17.4 Å². The lowest BCUT2D eigenvalue weighted by Gasteiger charge is -2.42. The van der Waals surface area contributed by atoms with Gasteiger partial charge >= 0.3 is 0 Å². The van der Waals surface area contributed by atoms with Gasteiger partial charge in [0.15, 0.2) is 0 Å². The van der Waals surface area contributed by atoms with Crippen LogP contribution in [0.5, 0.6) is 0 Å². The van der Waals surface area contributed by atoms with Crippen LogP contribution in [0, 0.1) is 0 Å². The topological polar surface area (TPSA) is 46.6 Å². The van der Waals surface area contributed by atoms with Gasteiger partial charge in [0, 0.05) is 11.4 Å². The minimum Gasteiger partial charge on any atom is -0.375 e. The van der Waals surface area contributed by atoms with Gasteiger partial charge < -0.3 is 4.74 Å². The van der Waals surface area contributed by atoms with E-state index in [1.165, 1.54) is 11.3 Å². The van der Waals surface area contributed by atoms with E-state index in [0.717, 1.165) is 37.0 Å². The van der Waals surface area contributed by atoms with Crippen molar-refractivity contribution in [2.75, 3.05) is 13.2 Å². The Hall–Kier alpha value is -0.430. The van der Waals surface area contributed by atoms with Gasteiger partial charge in [-0.25, -0.2) is 8.42 Å². The van der Waals surface area contributed by atoms with Crippen LogP contribution in [0.2, 0.25) is 0 Å². The quantitative estimate of drug-likeness (QED) is 0.861. The molecular weight excluding hydrogens is 294 g/mol. The van der Waals surface area contributed by atoms with Crippen molar-refractivity contribution in [1.82, 2.24) is 4.31 Å². The second kappa shape index (κ2) is 5.75. The monoisotopic (exact) mass is 315 g/mol. The molecule has 112 valence electrons. The van der Waals surface area contributed by atoms with E-state index in [1.807, 2.05) is 13.0 Å². The smallest absolute Gasteiger partial charge is 0.252 e. The summed E-state index contributed by atoms with van der Waals surface area (Å²) in [7, 11) is -3.35. The number of fused-ring (bicyclic) bond motifs is 1. The van der Waals surface area contributed by atoms with Crippen LogP contribution in [0.4, 0.5) is 0 Å². The molecule has 2 aliphatic rings. The van der Waals surface area contributed by atoms with Crippen molar-refractivity contribution < 1.29 is 13.2 Å². The van der Waals surface area contributed by atoms with E-state index in [1.54, 1.807) is 10.4 Å². The third-order valence-corrected chi connectivity index (χ3v) is 7.85. The fourth-order valence-corrected chi connectivity index (χ4v) is 6.25. The van der Waals surface area contributed by atoms with E-state index in [4.69, 9.17) is 4.74 Å². The van der Waals surface area contributed by atoms with Crippen molar-refractivity contribution in [3.63, 3.8) is 0 Å². The molecule has 1 aromatic heterocycles. The standard InChI is InChI=1S/C14H21NO3S2/c1-2-11-7-8-14(19-11)20(16,17)15-9-10-18-13-6-4-3-5-12(13)15/h7-8,12-13H,2-6,9-10H2,1H3/t12-,13-/m0/s1. The van der Waals surface area contributed by atoms with Gasteiger partial charge in [-0.2, -0.15) is 4.31 Å². The molecule has 6 heteroatoms. The Bertz CT molecular complexity index is 565. The summed E-state index contributed by atoms with van der Waals surface area (Å²) < 4.78 is 33.7. The van der Waals surface area contributed by atoms with Crippen LogP contribution in [0.1, 0.15) is 37.5 Å². The number of morpholine rings is 1. The van der Waals surface area contributed by atoms with Crippen molar-refractivity contribution in [2.24, 2.45) is 0 Å². The first-order valence-electron chi connectivity index (χ1n) is 7.35. The molecule has 0 aromatic carbocycles. The van der Waals surface area contributed by atoms with Crippen LogP contribution < -0.4 is 0 Å². The summed E-state index contributed by atoms with van der Waals surface area (Å²) in [4.78, 5) is 1.12. The maximum Gasteiger partial charge on any atom is 0.252 e. The molecule has 2 atom stereocenters. The maximum atomic E-state index is 12.9. The van der Waals surface area contributed by atoms with E-state index in [9.17, 15) is 8.42 Å². The molecule has 1 saturated carbocycles. The van der Waals surface area contributed by atoms with Crippen LogP contribution in [-0.4, -0.2) is 38.0 Å². The number of ether oxygens (including phenoxy) is 1. The molecule has 1 saturated heterocycles. The van der Waals surface area contributed by atoms with Gasteiger partial charge in [0.2, 0.25) is 0 Å². The number of rotatable bonds is 3. The Kier molecular flexibility index (Phi) is 4.17. The van der Waals surface area contributed by atoms with Crippen molar-refractivity contribution >= 4 is 21.4 Å². The van der Waals surface area contributed by atoms with Gasteiger partial charge in [0.1, 0.15) is 4.21 Å². The minimum atomic E-state index is -3.35. The third-order valence-electron chi connectivity index (χ3n) is 4.23. The molecule has 0 N–H and O–H groups in total. The molecule has 2 fully saturated rings. The van der Waals surface area contributed by atoms with Crippen LogP contribution >= 0.6 is 11.3 Å². The summed E-state index contributed by atoms with van der Waals surface area (Å²) in [5, 5.41) is 0. The number of thiophene rings is 1. The highest BCUT2D eigenvalue weighted by atomic mass is 32.2. The molecule has 0 spiro atoms. The Labute approximate surface area is 124 Å². The summed E-state index contributed by atoms with van der Waals surface area (Å²) >= 11 is 1.40. The van der Waals surface area contributed by atoms with Gasteiger partial charge in [-0.05, 0) is 31.4 Å². The SMILES string of the molecule is CCc1ccc(S(=O)(=O)N2CCO[C@H]3CCCC[C@@H]32)s1. The average Bonchev–Trinajstić information content (AvgIpc) is 2.96. The van der Waals surface area contributed by atoms with Crippen LogP contribution in [0.25, 0.3) is 0 Å². The molecule has 3 rings (SSSR count). The number of hydrogen-bond acceptors (Lipinski definition) is 4. The summed E-state index contributed by atoms with van der Waals surface area (Å²) in [6, 6.07) is 3.72. The van der Waals surface area contributed by atoms with Crippen LogP contribution in [0.15, 0.2) is 16.3 Å². The second-order valence-electron chi connectivity index (χ2n) is 5.45. The van der Waals surface area contributed by atoms with Gasteiger partial charge in [0.05, 0.1) is 18.8 Å². The largest absolute Gasteiger partial charge is 0.375 e. The molecule has 1 aliphatic heterocycles. The summed E-state index contributed by atoms with van der Waals surface area (Å²) in [6.07, 6.45) is 5.14. The fourth-order valence-electron chi connectivity index (χ4n) is 3.16. The molecule has 2 heterocycles. The zero-order chi connectivity index (χ0) is 14.2. The Morgan fingerprint density at radius 2 is 2.15 bits per heavy atom. The lowest BCUT2D eigenvalue weighted by atomic mass is 9.91. The third kappa shape index (κ3) is 2.54. The molecule has 1 aliphatic carbocycles. The Morgan fingerprint density at radius 3 is 2.90 bits per heavy atom. The predicted octanol–water partition coefficient (Wildman–Crippen LogP) is 2.64. The predicted molar refractivity (Wildman–Crippen MR) is 79.6 cm³/mol. The molecule has 0 unspecified atom stereocenters. The molecule has 0 radical (unpaired) electrons. The van der Waals surface area contributed by atoms with E-state index in [-0.39, 0.29) is 12.1 Å². The first kappa shape index (κ1) is 14.5. The lowest BCUT2D eigenvalue weighted by Crippen LogP contribution is -2.54. The number of sulfonamides is 1. The lowest BCUT2D eigenvalue weighted by molar-refractivity contribution is -0.0585. The first-order chi connectivity index (χ1) is 9.63. The van der Waals surface area contributed by atoms with Gasteiger partial charge in [0.25, 0.3) is 10.0 Å². The van der Waals surface area contributed by atoms with Gasteiger partial charge in [-0.3, -0.25) is 0 Å². The average molecular weight is 315 g/mol. The second-order valence-corrected chi connectivity index (χ2v) is 8.74. The van der Waals surface area contributed by atoms with Crippen molar-refractivity contribution in [3.8, 4) is 0 Å². The van der Waals surface area contributed by atoms with Crippen molar-refractivity contribution in [1.29, 1.82) is 0 Å². The molecule has 4 nitrogen and oxygen atoms in total. The van der Waals surface area contributed by atoms with Crippen LogP contribution in [-0.2, 0) is 21.2 Å². The summed E-state index contributed by atoms with van der Waals surface area (Å²) in [6.45, 7) is 3.06. The first-order valence-corrected chi connectivity index (χ1v) is 9.60. The normalized spacial score (nSPS) is 28.2. The number of aryl methyl sites for hydroxylation is 1. The van der Waals surface area contributed by atoms with Crippen molar-refractivity contribution in [2.45, 2.75) is 55.4 Å². The number of nitrogens with zero attached hydrogens (tertiary/aromatic N) is 1. The van der Waals surface area contributed by atoms with E-state index in [2.05, 4.69) is 0 Å². The Morgan fingerprint density at radius 1 is 1.35 bits per heavy atom. The highest BCUT2D eigenvalue weighted by Gasteiger charge is 2.41. The van der Waals surface area contributed by atoms with E-state index < -0.39 is 10.0 Å². The van der Waals surface area contributed by atoms with Gasteiger partial charge in [-0.15, -0.1) is 11.3 Å². The van der Waals surface area contributed by atoms with Crippen molar-refractivity contribution in [3.05, 3.63) is 17.0 Å². The minimum absolute atomic E-state index is 0.0367. The summed E-state index contributed by atoms with van der Waals surface area (Å²) in [5.74, 6) is 0. The maximum absolute atomic E-state index is 12.9. The summed E-state index contributed by atoms with van der Waals surface area (Å²) in [5.41, 5.74) is 0. The highest BCUT2D eigenvalue weighted by Crippen LogP contribution is 2.34. The molecule has 0 bridgehead atoms. The highest BCUT2D eigenvalue weighted by molar-refractivity contribution is 7.91.